The molecular formula is C18H25N5O3. The molecule has 26 heavy (non-hydrogen) atoms. The van der Waals surface area contributed by atoms with Gasteiger partial charge in [0, 0.05) is 50.2 Å². The molecule has 0 unspecified atom stereocenters. The second-order valence-corrected chi connectivity index (χ2v) is 6.49. The predicted octanol–water partition coefficient (Wildman–Crippen LogP) is 1.41. The van der Waals surface area contributed by atoms with E-state index < -0.39 is 0 Å². The summed E-state index contributed by atoms with van der Waals surface area (Å²) in [6.07, 6.45) is 0.965. The summed E-state index contributed by atoms with van der Waals surface area (Å²) in [6.45, 7) is 6.63. The highest BCUT2D eigenvalue weighted by molar-refractivity contribution is 5.37. The van der Waals surface area contributed by atoms with Crippen LogP contribution in [0.15, 0.2) is 16.9 Å². The molecule has 0 bridgehead atoms. The number of nitrogens with zero attached hydrogens (tertiary/aromatic N) is 4. The molecule has 8 heteroatoms. The number of methoxy groups -OCH3 is 1. The maximum atomic E-state index is 12.0. The molecule has 2 aromatic rings. The zero-order chi connectivity index (χ0) is 18.5. The van der Waals surface area contributed by atoms with E-state index in [2.05, 4.69) is 20.3 Å². The Morgan fingerprint density at radius 3 is 2.85 bits per heavy atom. The van der Waals surface area contributed by atoms with E-state index in [1.54, 1.807) is 11.7 Å². The zero-order valence-electron chi connectivity index (χ0n) is 15.5. The minimum absolute atomic E-state index is 0.226. The van der Waals surface area contributed by atoms with Gasteiger partial charge in [0.15, 0.2) is 5.82 Å². The lowest BCUT2D eigenvalue weighted by Crippen LogP contribution is -2.28. The summed E-state index contributed by atoms with van der Waals surface area (Å²) < 4.78 is 12.3. The molecule has 1 N–H and O–H groups in total. The lowest BCUT2D eigenvalue weighted by atomic mass is 10.0. The Morgan fingerprint density at radius 1 is 1.31 bits per heavy atom. The van der Waals surface area contributed by atoms with Crippen LogP contribution < -0.4 is 11.0 Å². The van der Waals surface area contributed by atoms with Crippen molar-refractivity contribution in [1.82, 2.24) is 19.5 Å². The molecule has 1 aliphatic heterocycles. The van der Waals surface area contributed by atoms with Crippen molar-refractivity contribution >= 4 is 5.82 Å². The number of aromatic nitrogens is 4. The first-order valence-electron chi connectivity index (χ1n) is 8.80. The normalized spacial score (nSPS) is 16.8. The van der Waals surface area contributed by atoms with Crippen LogP contribution in [0.25, 0.3) is 0 Å². The summed E-state index contributed by atoms with van der Waals surface area (Å²) in [5, 5.41) is 3.29. The van der Waals surface area contributed by atoms with E-state index in [1.807, 2.05) is 26.0 Å². The van der Waals surface area contributed by atoms with Gasteiger partial charge >= 0.3 is 5.69 Å². The number of aryl methyl sites for hydroxylation is 2. The lowest BCUT2D eigenvalue weighted by molar-refractivity contribution is 0.177. The van der Waals surface area contributed by atoms with Crippen molar-refractivity contribution < 1.29 is 9.47 Å². The van der Waals surface area contributed by atoms with E-state index in [0.29, 0.717) is 38.0 Å². The Balaban J connectivity index is 1.71. The molecule has 140 valence electrons. The van der Waals surface area contributed by atoms with Gasteiger partial charge in [-0.25, -0.2) is 14.8 Å². The summed E-state index contributed by atoms with van der Waals surface area (Å²) in [7, 11) is 1.63. The van der Waals surface area contributed by atoms with E-state index in [9.17, 15) is 4.79 Å². The smallest absolute Gasteiger partial charge is 0.348 e. The molecule has 0 amide bonds. The SMILES string of the molecule is COCc1nc(NCCn2c(C)cc(C)nc2=O)cc([C@@H]2CCOC2)n1. The van der Waals surface area contributed by atoms with Gasteiger partial charge in [0.05, 0.1) is 12.3 Å². The van der Waals surface area contributed by atoms with Crippen LogP contribution in [0.3, 0.4) is 0 Å². The first-order chi connectivity index (χ1) is 12.6. The molecule has 0 saturated carbocycles. The number of nitrogens with one attached hydrogen (secondary N) is 1. The second kappa shape index (κ2) is 8.37. The van der Waals surface area contributed by atoms with E-state index in [-0.39, 0.29) is 5.69 Å². The van der Waals surface area contributed by atoms with E-state index in [1.165, 1.54) is 0 Å². The number of anilines is 1. The molecule has 0 aliphatic carbocycles. The van der Waals surface area contributed by atoms with Gasteiger partial charge in [-0.2, -0.15) is 4.98 Å². The van der Waals surface area contributed by atoms with Gasteiger partial charge in [0.2, 0.25) is 0 Å². The molecule has 3 heterocycles. The Labute approximate surface area is 152 Å². The van der Waals surface area contributed by atoms with Crippen molar-refractivity contribution in [3.8, 4) is 0 Å². The maximum Gasteiger partial charge on any atom is 0.348 e. The van der Waals surface area contributed by atoms with Crippen LogP contribution >= 0.6 is 0 Å². The van der Waals surface area contributed by atoms with Crippen LogP contribution in [0.2, 0.25) is 0 Å². The quantitative estimate of drug-likeness (QED) is 0.799. The Kier molecular flexibility index (Phi) is 5.95. The van der Waals surface area contributed by atoms with E-state index in [4.69, 9.17) is 9.47 Å². The first kappa shape index (κ1) is 18.5. The predicted molar refractivity (Wildman–Crippen MR) is 97.4 cm³/mol. The van der Waals surface area contributed by atoms with Gasteiger partial charge in [-0.3, -0.25) is 4.57 Å². The summed E-state index contributed by atoms with van der Waals surface area (Å²) in [4.78, 5) is 25.1. The number of hydrogen-bond acceptors (Lipinski definition) is 7. The lowest BCUT2D eigenvalue weighted by Gasteiger charge is -2.14. The minimum atomic E-state index is -0.226. The van der Waals surface area contributed by atoms with Crippen LogP contribution in [-0.4, -0.2) is 46.4 Å². The third-order valence-corrected chi connectivity index (χ3v) is 4.40. The Morgan fingerprint density at radius 2 is 2.15 bits per heavy atom. The highest BCUT2D eigenvalue weighted by atomic mass is 16.5. The molecule has 2 aromatic heterocycles. The van der Waals surface area contributed by atoms with Crippen molar-refractivity contribution in [3.05, 3.63) is 45.5 Å². The molecule has 3 rings (SSSR count). The monoisotopic (exact) mass is 359 g/mol. The standard InChI is InChI=1S/C18H25N5O3/c1-12-8-13(2)23(18(24)20-12)6-5-19-16-9-15(14-4-7-26-10-14)21-17(22-16)11-25-3/h8-9,14H,4-7,10-11H2,1-3H3,(H,19,21,22)/t14-/m1/s1. The van der Waals surface area contributed by atoms with Crippen LogP contribution in [-0.2, 0) is 22.6 Å². The first-order valence-corrected chi connectivity index (χ1v) is 8.80. The molecule has 1 fully saturated rings. The third-order valence-electron chi connectivity index (χ3n) is 4.40. The van der Waals surface area contributed by atoms with Gasteiger partial charge < -0.3 is 14.8 Å². The number of hydrogen-bond donors (Lipinski definition) is 1. The number of ether oxygens (including phenoxy) is 2. The van der Waals surface area contributed by atoms with Crippen molar-refractivity contribution in [2.75, 3.05) is 32.2 Å². The van der Waals surface area contributed by atoms with Crippen LogP contribution in [0.5, 0.6) is 0 Å². The third kappa shape index (κ3) is 4.44. The molecule has 0 aromatic carbocycles. The molecule has 0 radical (unpaired) electrons. The Bertz CT molecular complexity index is 815. The fourth-order valence-electron chi connectivity index (χ4n) is 3.12. The van der Waals surface area contributed by atoms with Gasteiger partial charge in [0.25, 0.3) is 0 Å². The summed E-state index contributed by atoms with van der Waals surface area (Å²) in [5.41, 5.74) is 2.38. The van der Waals surface area contributed by atoms with Crippen molar-refractivity contribution in [2.24, 2.45) is 0 Å². The molecule has 1 atom stereocenters. The highest BCUT2D eigenvalue weighted by Crippen LogP contribution is 2.25. The highest BCUT2D eigenvalue weighted by Gasteiger charge is 2.20. The molecule has 1 aliphatic rings. The maximum absolute atomic E-state index is 12.0. The van der Waals surface area contributed by atoms with Gasteiger partial charge in [-0.15, -0.1) is 0 Å². The van der Waals surface area contributed by atoms with Gasteiger partial charge in [-0.1, -0.05) is 0 Å². The number of rotatable bonds is 7. The second-order valence-electron chi connectivity index (χ2n) is 6.49. The average molecular weight is 359 g/mol. The van der Waals surface area contributed by atoms with E-state index >= 15 is 0 Å². The summed E-state index contributed by atoms with van der Waals surface area (Å²) in [6, 6.07) is 3.86. The fraction of sp³-hybridized carbons (Fsp3) is 0.556. The zero-order valence-corrected chi connectivity index (χ0v) is 15.5. The van der Waals surface area contributed by atoms with Gasteiger partial charge in [0.1, 0.15) is 12.4 Å². The van der Waals surface area contributed by atoms with E-state index in [0.717, 1.165) is 35.9 Å². The van der Waals surface area contributed by atoms with Crippen LogP contribution in [0.1, 0.15) is 35.2 Å². The average Bonchev–Trinajstić information content (AvgIpc) is 3.12. The van der Waals surface area contributed by atoms with Crippen molar-refractivity contribution in [1.29, 1.82) is 0 Å². The summed E-state index contributed by atoms with van der Waals surface area (Å²) >= 11 is 0. The van der Waals surface area contributed by atoms with Crippen molar-refractivity contribution in [2.45, 2.75) is 39.3 Å². The van der Waals surface area contributed by atoms with Crippen LogP contribution in [0, 0.1) is 13.8 Å². The molecule has 1 saturated heterocycles. The largest absolute Gasteiger partial charge is 0.381 e. The molecule has 0 spiro atoms. The Hall–Kier alpha value is -2.32. The molecular weight excluding hydrogens is 334 g/mol. The molecule has 8 nitrogen and oxygen atoms in total. The van der Waals surface area contributed by atoms with Crippen molar-refractivity contribution in [3.63, 3.8) is 0 Å². The van der Waals surface area contributed by atoms with Crippen LogP contribution in [0.4, 0.5) is 5.82 Å². The minimum Gasteiger partial charge on any atom is -0.381 e. The summed E-state index contributed by atoms with van der Waals surface area (Å²) in [5.74, 6) is 1.67. The topological polar surface area (TPSA) is 91.2 Å². The van der Waals surface area contributed by atoms with Gasteiger partial charge in [-0.05, 0) is 26.3 Å². The fourth-order valence-corrected chi connectivity index (χ4v) is 3.12.